The Morgan fingerprint density at radius 1 is 1.53 bits per heavy atom. The van der Waals surface area contributed by atoms with Crippen LogP contribution in [0.1, 0.15) is 6.42 Å². The lowest BCUT2D eigenvalue weighted by molar-refractivity contribution is -0.143. The Labute approximate surface area is 106 Å². The molecule has 1 N–H and O–H groups in total. The maximum absolute atomic E-state index is 11.3. The number of methoxy groups -OCH3 is 1. The molecular weight excluding hydrogens is 242 g/mol. The third kappa shape index (κ3) is 4.63. The standard InChI is InChI=1S/C12H16ClNO3/c1-14-11(12(15)16-2)6-7-17-10-5-3-4-9(13)8-10/h3-5,8,11,14H,6-7H2,1-2H3. The summed E-state index contributed by atoms with van der Waals surface area (Å²) in [6, 6.07) is 6.79. The average Bonchev–Trinajstić information content (AvgIpc) is 2.34. The van der Waals surface area contributed by atoms with Crippen LogP contribution in [0.4, 0.5) is 0 Å². The highest BCUT2D eigenvalue weighted by molar-refractivity contribution is 6.30. The molecule has 0 aromatic heterocycles. The lowest BCUT2D eigenvalue weighted by atomic mass is 10.2. The fourth-order valence-corrected chi connectivity index (χ4v) is 1.55. The Balaban J connectivity index is 2.38. The molecule has 94 valence electrons. The maximum Gasteiger partial charge on any atom is 0.322 e. The molecule has 0 aliphatic carbocycles. The number of likely N-dealkylation sites (N-methyl/N-ethyl adjacent to an activating group) is 1. The largest absolute Gasteiger partial charge is 0.493 e. The lowest BCUT2D eigenvalue weighted by Crippen LogP contribution is -2.36. The molecule has 1 unspecified atom stereocenters. The first-order valence-electron chi connectivity index (χ1n) is 5.31. The van der Waals surface area contributed by atoms with Crippen LogP contribution in [0.15, 0.2) is 24.3 Å². The van der Waals surface area contributed by atoms with Crippen molar-refractivity contribution in [2.45, 2.75) is 12.5 Å². The molecule has 1 atom stereocenters. The molecule has 0 amide bonds. The van der Waals surface area contributed by atoms with Crippen molar-refractivity contribution >= 4 is 17.6 Å². The first kappa shape index (κ1) is 13.8. The number of esters is 1. The molecule has 0 aliphatic heterocycles. The highest BCUT2D eigenvalue weighted by Crippen LogP contribution is 2.17. The molecular formula is C12H16ClNO3. The minimum atomic E-state index is -0.348. The van der Waals surface area contributed by atoms with Gasteiger partial charge < -0.3 is 14.8 Å². The molecule has 1 aromatic carbocycles. The van der Waals surface area contributed by atoms with Crippen molar-refractivity contribution in [1.82, 2.24) is 5.32 Å². The van der Waals surface area contributed by atoms with Crippen molar-refractivity contribution in [1.29, 1.82) is 0 Å². The van der Waals surface area contributed by atoms with Gasteiger partial charge in [0.15, 0.2) is 0 Å². The first-order chi connectivity index (χ1) is 8.17. The molecule has 1 aromatic rings. The second kappa shape index (κ2) is 7.14. The van der Waals surface area contributed by atoms with Crippen molar-refractivity contribution in [3.05, 3.63) is 29.3 Å². The van der Waals surface area contributed by atoms with Gasteiger partial charge in [-0.1, -0.05) is 17.7 Å². The average molecular weight is 258 g/mol. The van der Waals surface area contributed by atoms with Crippen LogP contribution in [-0.4, -0.2) is 32.8 Å². The summed E-state index contributed by atoms with van der Waals surface area (Å²) in [5, 5.41) is 3.50. The number of carbonyl (C=O) groups excluding carboxylic acids is 1. The van der Waals surface area contributed by atoms with Gasteiger partial charge in [-0.25, -0.2) is 0 Å². The van der Waals surface area contributed by atoms with Crippen LogP contribution in [0, 0.1) is 0 Å². The van der Waals surface area contributed by atoms with E-state index < -0.39 is 0 Å². The Morgan fingerprint density at radius 3 is 2.88 bits per heavy atom. The summed E-state index contributed by atoms with van der Waals surface area (Å²) in [7, 11) is 3.07. The number of hydrogen-bond donors (Lipinski definition) is 1. The van der Waals surface area contributed by atoms with E-state index >= 15 is 0 Å². The Morgan fingerprint density at radius 2 is 2.29 bits per heavy atom. The number of rotatable bonds is 6. The molecule has 0 saturated heterocycles. The zero-order chi connectivity index (χ0) is 12.7. The van der Waals surface area contributed by atoms with E-state index in [1.807, 2.05) is 12.1 Å². The molecule has 1 rings (SSSR count). The third-order valence-corrected chi connectivity index (χ3v) is 2.54. The zero-order valence-corrected chi connectivity index (χ0v) is 10.7. The summed E-state index contributed by atoms with van der Waals surface area (Å²) < 4.78 is 10.1. The molecule has 4 nitrogen and oxygen atoms in total. The minimum absolute atomic E-state index is 0.290. The van der Waals surface area contributed by atoms with E-state index in [-0.39, 0.29) is 12.0 Å². The highest BCUT2D eigenvalue weighted by atomic mass is 35.5. The molecule has 0 spiro atoms. The maximum atomic E-state index is 11.3. The second-order valence-electron chi connectivity index (χ2n) is 3.46. The van der Waals surface area contributed by atoms with Gasteiger partial charge in [-0.3, -0.25) is 4.79 Å². The van der Waals surface area contributed by atoms with Gasteiger partial charge in [0.25, 0.3) is 0 Å². The monoisotopic (exact) mass is 257 g/mol. The SMILES string of the molecule is CNC(CCOc1cccc(Cl)c1)C(=O)OC. The van der Waals surface area contributed by atoms with E-state index in [0.717, 1.165) is 0 Å². The van der Waals surface area contributed by atoms with Crippen LogP contribution in [-0.2, 0) is 9.53 Å². The molecule has 0 radical (unpaired) electrons. The van der Waals surface area contributed by atoms with Gasteiger partial charge in [-0.15, -0.1) is 0 Å². The summed E-state index contributed by atoms with van der Waals surface area (Å²) in [6.07, 6.45) is 0.537. The van der Waals surface area contributed by atoms with Gasteiger partial charge in [-0.2, -0.15) is 0 Å². The van der Waals surface area contributed by atoms with E-state index in [9.17, 15) is 4.79 Å². The van der Waals surface area contributed by atoms with Crippen LogP contribution < -0.4 is 10.1 Å². The molecule has 0 saturated carbocycles. The van der Waals surface area contributed by atoms with Crippen molar-refractivity contribution in [2.75, 3.05) is 20.8 Å². The van der Waals surface area contributed by atoms with Gasteiger partial charge in [0.1, 0.15) is 11.8 Å². The number of nitrogens with one attached hydrogen (secondary N) is 1. The summed E-state index contributed by atoms with van der Waals surface area (Å²) in [5.41, 5.74) is 0. The van der Waals surface area contributed by atoms with Crippen LogP contribution in [0.2, 0.25) is 5.02 Å². The van der Waals surface area contributed by atoms with Crippen LogP contribution in [0.3, 0.4) is 0 Å². The lowest BCUT2D eigenvalue weighted by Gasteiger charge is -2.14. The fraction of sp³-hybridized carbons (Fsp3) is 0.417. The number of carbonyl (C=O) groups is 1. The molecule has 5 heteroatoms. The Hall–Kier alpha value is -1.26. The number of benzene rings is 1. The van der Waals surface area contributed by atoms with Crippen molar-refractivity contribution < 1.29 is 14.3 Å². The van der Waals surface area contributed by atoms with E-state index in [1.165, 1.54) is 7.11 Å². The minimum Gasteiger partial charge on any atom is -0.493 e. The molecule has 17 heavy (non-hydrogen) atoms. The smallest absolute Gasteiger partial charge is 0.322 e. The molecule has 0 heterocycles. The molecule has 0 fully saturated rings. The summed E-state index contributed by atoms with van der Waals surface area (Å²) in [6.45, 7) is 0.418. The molecule has 0 bridgehead atoms. The van der Waals surface area contributed by atoms with E-state index in [0.29, 0.717) is 23.8 Å². The van der Waals surface area contributed by atoms with Crippen molar-refractivity contribution in [3.63, 3.8) is 0 Å². The second-order valence-corrected chi connectivity index (χ2v) is 3.90. The van der Waals surface area contributed by atoms with Crippen molar-refractivity contribution in [3.8, 4) is 5.75 Å². The van der Waals surface area contributed by atoms with Gasteiger partial charge in [0.05, 0.1) is 13.7 Å². The molecule has 0 aliphatic rings. The van der Waals surface area contributed by atoms with Crippen LogP contribution >= 0.6 is 11.6 Å². The van der Waals surface area contributed by atoms with E-state index in [2.05, 4.69) is 10.1 Å². The Kier molecular flexibility index (Phi) is 5.80. The predicted molar refractivity (Wildman–Crippen MR) is 66.4 cm³/mol. The number of ether oxygens (including phenoxy) is 2. The van der Waals surface area contributed by atoms with E-state index in [4.69, 9.17) is 16.3 Å². The quantitative estimate of drug-likeness (QED) is 0.791. The predicted octanol–water partition coefficient (Wildman–Crippen LogP) is 1.87. The van der Waals surface area contributed by atoms with Gasteiger partial charge >= 0.3 is 5.97 Å². The number of hydrogen-bond acceptors (Lipinski definition) is 4. The van der Waals surface area contributed by atoms with Gasteiger partial charge in [0, 0.05) is 11.4 Å². The third-order valence-electron chi connectivity index (χ3n) is 2.31. The van der Waals surface area contributed by atoms with Gasteiger partial charge in [-0.05, 0) is 25.2 Å². The van der Waals surface area contributed by atoms with E-state index in [1.54, 1.807) is 19.2 Å². The summed E-state index contributed by atoms with van der Waals surface area (Å²) in [4.78, 5) is 11.3. The fourth-order valence-electron chi connectivity index (χ4n) is 1.37. The first-order valence-corrected chi connectivity index (χ1v) is 5.68. The Bertz CT molecular complexity index is 371. The van der Waals surface area contributed by atoms with Crippen LogP contribution in [0.5, 0.6) is 5.75 Å². The number of halogens is 1. The van der Waals surface area contributed by atoms with Crippen molar-refractivity contribution in [2.24, 2.45) is 0 Å². The van der Waals surface area contributed by atoms with Gasteiger partial charge in [0.2, 0.25) is 0 Å². The van der Waals surface area contributed by atoms with Crippen LogP contribution in [0.25, 0.3) is 0 Å². The summed E-state index contributed by atoms with van der Waals surface area (Å²) >= 11 is 5.82. The topological polar surface area (TPSA) is 47.6 Å². The summed E-state index contributed by atoms with van der Waals surface area (Å²) in [5.74, 6) is 0.402. The highest BCUT2D eigenvalue weighted by Gasteiger charge is 2.16. The normalized spacial score (nSPS) is 11.9. The zero-order valence-electron chi connectivity index (χ0n) is 9.90.